The van der Waals surface area contributed by atoms with Gasteiger partial charge in [-0.1, -0.05) is 11.6 Å². The van der Waals surface area contributed by atoms with E-state index in [9.17, 15) is 4.39 Å². The predicted molar refractivity (Wildman–Crippen MR) is 75.1 cm³/mol. The van der Waals surface area contributed by atoms with E-state index in [0.29, 0.717) is 22.1 Å². The molecule has 2 aromatic heterocycles. The first kappa shape index (κ1) is 13.4. The van der Waals surface area contributed by atoms with Crippen LogP contribution in [0.2, 0.25) is 5.15 Å². The Balaban J connectivity index is 2.67. The molecule has 0 radical (unpaired) electrons. The predicted octanol–water partition coefficient (Wildman–Crippen LogP) is 3.61. The quantitative estimate of drug-likeness (QED) is 0.489. The fraction of sp³-hybridized carbons (Fsp3) is 0.154. The first-order chi connectivity index (χ1) is 9.02. The summed E-state index contributed by atoms with van der Waals surface area (Å²) in [6, 6.07) is 1.61. The minimum atomic E-state index is -0.349. The fourth-order valence-corrected chi connectivity index (χ4v) is 1.90. The van der Waals surface area contributed by atoms with Crippen molar-refractivity contribution in [2.24, 2.45) is 4.99 Å². The van der Waals surface area contributed by atoms with Gasteiger partial charge in [0.15, 0.2) is 5.65 Å². The summed E-state index contributed by atoms with van der Waals surface area (Å²) in [6.07, 6.45) is 4.43. The molecule has 0 aliphatic carbocycles. The van der Waals surface area contributed by atoms with Gasteiger partial charge in [0.05, 0.1) is 17.7 Å². The molecule has 0 aliphatic heterocycles. The maximum atomic E-state index is 13.1. The van der Waals surface area contributed by atoms with Gasteiger partial charge in [0.2, 0.25) is 0 Å². The monoisotopic (exact) mass is 278 g/mol. The largest absolute Gasteiger partial charge is 0.272 e. The number of nitrogens with zero attached hydrogens (tertiary/aromatic N) is 4. The lowest BCUT2D eigenvalue weighted by molar-refractivity contribution is 0.641. The Labute approximate surface area is 114 Å². The molecule has 98 valence electrons. The van der Waals surface area contributed by atoms with Crippen LogP contribution in [0, 0.1) is 6.92 Å². The number of rotatable bonds is 3. The Bertz CT molecular complexity index is 696. The number of aromatic nitrogens is 3. The van der Waals surface area contributed by atoms with E-state index in [1.54, 1.807) is 12.3 Å². The van der Waals surface area contributed by atoms with E-state index in [-0.39, 0.29) is 5.83 Å². The minimum absolute atomic E-state index is 0.349. The van der Waals surface area contributed by atoms with Gasteiger partial charge in [-0.3, -0.25) is 4.99 Å². The van der Waals surface area contributed by atoms with Gasteiger partial charge < -0.3 is 0 Å². The van der Waals surface area contributed by atoms with Crippen LogP contribution in [-0.2, 0) is 0 Å². The first-order valence-electron chi connectivity index (χ1n) is 5.54. The zero-order valence-corrected chi connectivity index (χ0v) is 11.3. The van der Waals surface area contributed by atoms with Gasteiger partial charge in [0.1, 0.15) is 5.15 Å². The molecule has 6 heteroatoms. The molecule has 2 aromatic rings. The summed E-state index contributed by atoms with van der Waals surface area (Å²) in [5.41, 5.74) is 2.53. The third-order valence-electron chi connectivity index (χ3n) is 2.49. The molecule has 0 bridgehead atoms. The molecule has 0 spiro atoms. The third-order valence-corrected chi connectivity index (χ3v) is 2.75. The summed E-state index contributed by atoms with van der Waals surface area (Å²) in [5.74, 6) is -0.349. The summed E-state index contributed by atoms with van der Waals surface area (Å²) in [4.78, 5) is 8.07. The van der Waals surface area contributed by atoms with Gasteiger partial charge in [-0.15, -0.1) is 0 Å². The lowest BCUT2D eigenvalue weighted by Crippen LogP contribution is -1.97. The number of hydrogen-bond donors (Lipinski definition) is 0. The molecule has 0 amide bonds. The maximum Gasteiger partial charge on any atom is 0.160 e. The molecule has 0 aliphatic rings. The number of aliphatic imine (C=N–C) groups is 1. The second kappa shape index (κ2) is 5.32. The number of hydrogen-bond acceptors (Lipinski definition) is 3. The third kappa shape index (κ3) is 2.71. The van der Waals surface area contributed by atoms with Crippen molar-refractivity contribution in [3.05, 3.63) is 46.8 Å². The molecule has 2 heterocycles. The van der Waals surface area contributed by atoms with Gasteiger partial charge in [-0.25, -0.2) is 13.9 Å². The Morgan fingerprint density at radius 2 is 2.32 bits per heavy atom. The summed E-state index contributed by atoms with van der Waals surface area (Å²) < 4.78 is 14.6. The highest BCUT2D eigenvalue weighted by molar-refractivity contribution is 6.29. The van der Waals surface area contributed by atoms with E-state index in [1.165, 1.54) is 23.7 Å². The first-order valence-corrected chi connectivity index (χ1v) is 5.92. The van der Waals surface area contributed by atoms with Crippen molar-refractivity contribution in [1.29, 1.82) is 0 Å². The molecule has 0 fully saturated rings. The zero-order valence-electron chi connectivity index (χ0n) is 10.6. The highest BCUT2D eigenvalue weighted by atomic mass is 35.5. The van der Waals surface area contributed by atoms with Crippen LogP contribution in [0.3, 0.4) is 0 Å². The van der Waals surface area contributed by atoms with Crippen LogP contribution in [0.4, 0.5) is 4.39 Å². The van der Waals surface area contributed by atoms with Crippen molar-refractivity contribution < 1.29 is 4.39 Å². The Kier molecular flexibility index (Phi) is 3.76. The molecule has 0 saturated carbocycles. The zero-order chi connectivity index (χ0) is 14.0. The molecular weight excluding hydrogens is 267 g/mol. The van der Waals surface area contributed by atoms with Gasteiger partial charge in [0, 0.05) is 23.4 Å². The average molecular weight is 279 g/mol. The average Bonchev–Trinajstić information content (AvgIpc) is 2.71. The van der Waals surface area contributed by atoms with Crippen LogP contribution < -0.4 is 0 Å². The normalized spacial score (nSPS) is 13.1. The smallest absolute Gasteiger partial charge is 0.160 e. The van der Waals surface area contributed by atoms with Crippen molar-refractivity contribution in [2.45, 2.75) is 13.8 Å². The maximum absolute atomic E-state index is 13.1. The molecule has 0 atom stereocenters. The van der Waals surface area contributed by atoms with Crippen molar-refractivity contribution in [1.82, 2.24) is 14.6 Å². The standard InChI is InChI=1S/C13H12ClFN4/c1-8-6-17-19-12(14)5-11(18-13(8)19)10(7-16-3)4-9(2)15/h4-7H,3H2,1-2H3/b9-4+,10-7+. The number of allylic oxidation sites excluding steroid dienone is 3. The topological polar surface area (TPSA) is 42.5 Å². The van der Waals surface area contributed by atoms with E-state index in [0.717, 1.165) is 5.56 Å². The summed E-state index contributed by atoms with van der Waals surface area (Å²) in [6.45, 7) is 6.59. The van der Waals surface area contributed by atoms with Crippen molar-refractivity contribution in [3.8, 4) is 0 Å². The summed E-state index contributed by atoms with van der Waals surface area (Å²) in [5, 5.41) is 4.50. The molecular formula is C13H12ClFN4. The Morgan fingerprint density at radius 1 is 1.58 bits per heavy atom. The lowest BCUT2D eigenvalue weighted by Gasteiger charge is -2.04. The number of fused-ring (bicyclic) bond motifs is 1. The van der Waals surface area contributed by atoms with E-state index >= 15 is 0 Å². The minimum Gasteiger partial charge on any atom is -0.272 e. The van der Waals surface area contributed by atoms with Crippen molar-refractivity contribution in [2.75, 3.05) is 0 Å². The summed E-state index contributed by atoms with van der Waals surface area (Å²) in [7, 11) is 0. The van der Waals surface area contributed by atoms with Crippen LogP contribution in [0.5, 0.6) is 0 Å². The molecule has 0 saturated heterocycles. The molecule has 4 nitrogen and oxygen atoms in total. The summed E-state index contributed by atoms with van der Waals surface area (Å²) >= 11 is 6.13. The number of aryl methyl sites for hydroxylation is 1. The SMILES string of the molecule is C=N/C=C(\C=C(/C)F)c1cc(Cl)n2ncc(C)c2n1. The molecule has 0 aromatic carbocycles. The second-order valence-electron chi connectivity index (χ2n) is 4.03. The van der Waals surface area contributed by atoms with E-state index in [4.69, 9.17) is 11.6 Å². The molecule has 0 unspecified atom stereocenters. The second-order valence-corrected chi connectivity index (χ2v) is 4.41. The van der Waals surface area contributed by atoms with Crippen LogP contribution in [0.1, 0.15) is 18.2 Å². The molecule has 2 rings (SSSR count). The molecule has 19 heavy (non-hydrogen) atoms. The highest BCUT2D eigenvalue weighted by Crippen LogP contribution is 2.22. The lowest BCUT2D eigenvalue weighted by atomic mass is 10.2. The van der Waals surface area contributed by atoms with Crippen LogP contribution in [0.25, 0.3) is 11.2 Å². The fourth-order valence-electron chi connectivity index (χ4n) is 1.67. The van der Waals surface area contributed by atoms with Crippen molar-refractivity contribution in [3.63, 3.8) is 0 Å². The van der Waals surface area contributed by atoms with E-state index < -0.39 is 0 Å². The Hall–Kier alpha value is -2.01. The van der Waals surface area contributed by atoms with Gasteiger partial charge in [-0.05, 0) is 26.6 Å². The molecule has 0 N–H and O–H groups in total. The van der Waals surface area contributed by atoms with Gasteiger partial charge in [0.25, 0.3) is 0 Å². The highest BCUT2D eigenvalue weighted by Gasteiger charge is 2.10. The number of halogens is 2. The van der Waals surface area contributed by atoms with Crippen LogP contribution in [0.15, 0.2) is 35.4 Å². The van der Waals surface area contributed by atoms with Gasteiger partial charge in [-0.2, -0.15) is 5.10 Å². The van der Waals surface area contributed by atoms with Gasteiger partial charge >= 0.3 is 0 Å². The van der Waals surface area contributed by atoms with Crippen LogP contribution >= 0.6 is 11.6 Å². The van der Waals surface area contributed by atoms with Crippen LogP contribution in [-0.4, -0.2) is 21.3 Å². The Morgan fingerprint density at radius 3 is 2.95 bits per heavy atom. The van der Waals surface area contributed by atoms with Crippen molar-refractivity contribution >= 4 is 29.5 Å². The van der Waals surface area contributed by atoms with E-state index in [1.807, 2.05) is 6.92 Å². The van der Waals surface area contributed by atoms with E-state index in [2.05, 4.69) is 21.8 Å².